The van der Waals surface area contributed by atoms with Crippen molar-refractivity contribution in [3.05, 3.63) is 52.5 Å². The van der Waals surface area contributed by atoms with Crippen LogP contribution in [0.15, 0.2) is 36.4 Å². The number of benzene rings is 2. The molecule has 0 spiro atoms. The molecule has 23 heavy (non-hydrogen) atoms. The number of rotatable bonds is 7. The zero-order valence-electron chi connectivity index (χ0n) is 13.0. The molecule has 0 heterocycles. The van der Waals surface area contributed by atoms with Crippen molar-refractivity contribution in [2.75, 3.05) is 20.3 Å². The average molecular weight is 352 g/mol. The van der Waals surface area contributed by atoms with E-state index in [4.69, 9.17) is 43.8 Å². The average Bonchev–Trinajstić information content (AvgIpc) is 2.54. The Kier molecular flexibility index (Phi) is 6.07. The smallest absolute Gasteiger partial charge is 0.161 e. The van der Waals surface area contributed by atoms with E-state index in [0.717, 1.165) is 21.9 Å². The van der Waals surface area contributed by atoms with Crippen LogP contribution in [-0.2, 0) is 0 Å². The van der Waals surface area contributed by atoms with Gasteiger partial charge >= 0.3 is 0 Å². The summed E-state index contributed by atoms with van der Waals surface area (Å²) in [4.78, 5) is 0.316. The number of aryl methyl sites for hydroxylation is 1. The van der Waals surface area contributed by atoms with Gasteiger partial charge in [-0.25, -0.2) is 0 Å². The number of nitrogens with two attached hydrogens (primary N) is 1. The zero-order chi connectivity index (χ0) is 16.8. The maximum Gasteiger partial charge on any atom is 0.161 e. The monoisotopic (exact) mass is 351 g/mol. The van der Waals surface area contributed by atoms with Gasteiger partial charge in [0, 0.05) is 10.6 Å². The van der Waals surface area contributed by atoms with Gasteiger partial charge in [-0.1, -0.05) is 23.8 Å². The van der Waals surface area contributed by atoms with Crippen molar-refractivity contribution in [2.45, 2.75) is 6.92 Å². The van der Waals surface area contributed by atoms with Gasteiger partial charge in [0.05, 0.1) is 7.11 Å². The summed E-state index contributed by atoms with van der Waals surface area (Å²) in [6.07, 6.45) is 0. The summed E-state index contributed by atoms with van der Waals surface area (Å²) in [5.41, 5.74) is 7.31. The molecule has 0 saturated carbocycles. The van der Waals surface area contributed by atoms with Crippen molar-refractivity contribution in [2.24, 2.45) is 5.73 Å². The molecule has 0 fully saturated rings. The zero-order valence-corrected chi connectivity index (χ0v) is 14.5. The molecule has 0 unspecified atom stereocenters. The minimum atomic E-state index is 0.316. The summed E-state index contributed by atoms with van der Waals surface area (Å²) < 4.78 is 16.6. The number of methoxy groups -OCH3 is 1. The Morgan fingerprint density at radius 2 is 1.83 bits per heavy atom. The highest BCUT2D eigenvalue weighted by atomic mass is 35.5. The van der Waals surface area contributed by atoms with Crippen LogP contribution in [0.1, 0.15) is 11.1 Å². The molecule has 2 aromatic rings. The van der Waals surface area contributed by atoms with E-state index >= 15 is 0 Å². The van der Waals surface area contributed by atoms with E-state index in [2.05, 4.69) is 0 Å². The maximum atomic E-state index is 5.98. The first-order chi connectivity index (χ1) is 11.0. The number of ether oxygens (including phenoxy) is 3. The lowest BCUT2D eigenvalue weighted by Gasteiger charge is -2.13. The van der Waals surface area contributed by atoms with E-state index in [-0.39, 0.29) is 0 Å². The Morgan fingerprint density at radius 3 is 2.48 bits per heavy atom. The molecule has 0 bridgehead atoms. The molecular formula is C17H18ClNO3S. The summed E-state index contributed by atoms with van der Waals surface area (Å²) in [6.45, 7) is 2.71. The second-order valence-electron chi connectivity index (χ2n) is 4.84. The molecular weight excluding hydrogens is 334 g/mol. The Morgan fingerprint density at radius 1 is 1.09 bits per heavy atom. The fraction of sp³-hybridized carbons (Fsp3) is 0.235. The fourth-order valence-electron chi connectivity index (χ4n) is 1.96. The third-order valence-corrected chi connectivity index (χ3v) is 3.85. The van der Waals surface area contributed by atoms with Gasteiger partial charge in [-0.3, -0.25) is 0 Å². The van der Waals surface area contributed by atoms with Crippen LogP contribution in [0.5, 0.6) is 17.2 Å². The predicted octanol–water partition coefficient (Wildman–Crippen LogP) is 3.75. The summed E-state index contributed by atoms with van der Waals surface area (Å²) in [6, 6.07) is 10.8. The van der Waals surface area contributed by atoms with Crippen LogP contribution in [0.3, 0.4) is 0 Å². The van der Waals surface area contributed by atoms with Gasteiger partial charge in [0.15, 0.2) is 11.5 Å². The molecule has 0 aliphatic carbocycles. The Balaban J connectivity index is 1.90. The van der Waals surface area contributed by atoms with Crippen LogP contribution in [-0.4, -0.2) is 25.3 Å². The minimum Gasteiger partial charge on any atom is -0.493 e. The lowest BCUT2D eigenvalue weighted by Crippen LogP contribution is -2.11. The lowest BCUT2D eigenvalue weighted by molar-refractivity contribution is 0.211. The first kappa shape index (κ1) is 17.4. The molecule has 0 amide bonds. The van der Waals surface area contributed by atoms with E-state index in [1.807, 2.05) is 25.1 Å². The molecule has 4 nitrogen and oxygen atoms in total. The molecule has 0 saturated heterocycles. The summed E-state index contributed by atoms with van der Waals surface area (Å²) >= 11 is 10.9. The molecule has 6 heteroatoms. The van der Waals surface area contributed by atoms with Crippen LogP contribution in [0.4, 0.5) is 0 Å². The lowest BCUT2D eigenvalue weighted by atomic mass is 10.2. The van der Waals surface area contributed by atoms with Crippen molar-refractivity contribution >= 4 is 28.8 Å². The SMILES string of the molecule is COc1cc(C(N)=S)ccc1OCCOc1ccc(Cl)c(C)c1. The fourth-order valence-corrected chi connectivity index (χ4v) is 2.20. The first-order valence-corrected chi connectivity index (χ1v) is 7.79. The van der Waals surface area contributed by atoms with Crippen LogP contribution < -0.4 is 19.9 Å². The van der Waals surface area contributed by atoms with Gasteiger partial charge in [-0.05, 0) is 48.9 Å². The first-order valence-electron chi connectivity index (χ1n) is 7.01. The number of hydrogen-bond donors (Lipinski definition) is 1. The van der Waals surface area contributed by atoms with Crippen LogP contribution >= 0.6 is 23.8 Å². The number of halogens is 1. The van der Waals surface area contributed by atoms with Crippen molar-refractivity contribution in [3.8, 4) is 17.2 Å². The Labute approximate surface area is 146 Å². The second kappa shape index (κ2) is 8.04. The van der Waals surface area contributed by atoms with E-state index < -0.39 is 0 Å². The molecule has 2 N–H and O–H groups in total. The molecule has 0 atom stereocenters. The highest BCUT2D eigenvalue weighted by Gasteiger charge is 2.07. The third-order valence-electron chi connectivity index (χ3n) is 3.19. The molecule has 2 aromatic carbocycles. The van der Waals surface area contributed by atoms with Crippen molar-refractivity contribution < 1.29 is 14.2 Å². The molecule has 0 aliphatic rings. The summed E-state index contributed by atoms with van der Waals surface area (Å²) in [7, 11) is 1.57. The van der Waals surface area contributed by atoms with Crippen LogP contribution in [0, 0.1) is 6.92 Å². The number of hydrogen-bond acceptors (Lipinski definition) is 4. The van der Waals surface area contributed by atoms with Gasteiger partial charge in [0.2, 0.25) is 0 Å². The predicted molar refractivity (Wildman–Crippen MR) is 96.1 cm³/mol. The molecule has 0 radical (unpaired) electrons. The third kappa shape index (κ3) is 4.74. The summed E-state index contributed by atoms with van der Waals surface area (Å²) in [5, 5.41) is 0.719. The van der Waals surface area contributed by atoms with Gasteiger partial charge in [-0.15, -0.1) is 0 Å². The van der Waals surface area contributed by atoms with E-state index in [9.17, 15) is 0 Å². The molecule has 2 rings (SSSR count). The van der Waals surface area contributed by atoms with Crippen LogP contribution in [0.2, 0.25) is 5.02 Å². The topological polar surface area (TPSA) is 53.7 Å². The van der Waals surface area contributed by atoms with Crippen LogP contribution in [0.25, 0.3) is 0 Å². The second-order valence-corrected chi connectivity index (χ2v) is 5.68. The largest absolute Gasteiger partial charge is 0.493 e. The minimum absolute atomic E-state index is 0.316. The Bertz CT molecular complexity index is 706. The van der Waals surface area contributed by atoms with E-state index in [1.54, 1.807) is 25.3 Å². The molecule has 122 valence electrons. The van der Waals surface area contributed by atoms with Gasteiger partial charge < -0.3 is 19.9 Å². The van der Waals surface area contributed by atoms with Crippen molar-refractivity contribution in [1.82, 2.24) is 0 Å². The van der Waals surface area contributed by atoms with E-state index in [1.165, 1.54) is 0 Å². The number of thiocarbonyl (C=S) groups is 1. The van der Waals surface area contributed by atoms with Gasteiger partial charge in [0.1, 0.15) is 24.0 Å². The van der Waals surface area contributed by atoms with Gasteiger partial charge in [-0.2, -0.15) is 0 Å². The normalized spacial score (nSPS) is 10.2. The Hall–Kier alpha value is -1.98. The highest BCUT2D eigenvalue weighted by Crippen LogP contribution is 2.28. The highest BCUT2D eigenvalue weighted by molar-refractivity contribution is 7.80. The standard InChI is InChI=1S/C17H18ClNO3S/c1-11-9-13(4-5-14(11)18)21-7-8-22-15-6-3-12(17(19)23)10-16(15)20-2/h3-6,9-10H,7-8H2,1-2H3,(H2,19,23). The van der Waals surface area contributed by atoms with Crippen molar-refractivity contribution in [3.63, 3.8) is 0 Å². The summed E-state index contributed by atoms with van der Waals surface area (Å²) in [5.74, 6) is 1.95. The van der Waals surface area contributed by atoms with Gasteiger partial charge in [0.25, 0.3) is 0 Å². The molecule has 0 aliphatic heterocycles. The maximum absolute atomic E-state index is 5.98. The quantitative estimate of drug-likeness (QED) is 0.608. The van der Waals surface area contributed by atoms with Crippen molar-refractivity contribution in [1.29, 1.82) is 0 Å². The molecule has 0 aromatic heterocycles. The van der Waals surface area contributed by atoms with E-state index in [0.29, 0.717) is 29.7 Å².